The van der Waals surface area contributed by atoms with Crippen LogP contribution in [0.5, 0.6) is 0 Å². The van der Waals surface area contributed by atoms with Crippen LogP contribution in [0.15, 0.2) is 56.7 Å². The molecular weight excluding hydrogens is 356 g/mol. The number of carboxylic acid groups (broad SMARTS) is 2. The average molecular weight is 367 g/mol. The number of benzene rings is 2. The van der Waals surface area contributed by atoms with Crippen LogP contribution in [0.3, 0.4) is 0 Å². The highest BCUT2D eigenvalue weighted by Gasteiger charge is 2.13. The van der Waals surface area contributed by atoms with Gasteiger partial charge in [0.05, 0.1) is 12.0 Å². The first-order valence-electron chi connectivity index (χ1n) is 5.97. The number of hydrogen-bond donors (Lipinski definition) is 2. The highest BCUT2D eigenvalue weighted by molar-refractivity contribution is 9.10. The zero-order valence-corrected chi connectivity index (χ0v) is 13.1. The van der Waals surface area contributed by atoms with Crippen molar-refractivity contribution in [2.75, 3.05) is 0 Å². The summed E-state index contributed by atoms with van der Waals surface area (Å²) in [4.78, 5) is 23.5. The second-order valence-electron chi connectivity index (χ2n) is 4.26. The Balaban J connectivity index is 2.32. The molecule has 0 bridgehead atoms. The number of aliphatic carboxylic acids is 1. The molecule has 2 aromatic rings. The van der Waals surface area contributed by atoms with Gasteiger partial charge in [0.2, 0.25) is 0 Å². The van der Waals surface area contributed by atoms with Crippen molar-refractivity contribution in [1.82, 2.24) is 0 Å². The summed E-state index contributed by atoms with van der Waals surface area (Å²) in [6, 6.07) is 12.2. The van der Waals surface area contributed by atoms with E-state index in [2.05, 4.69) is 15.9 Å². The van der Waals surface area contributed by atoms with Crippen LogP contribution < -0.4 is 0 Å². The Morgan fingerprint density at radius 2 is 1.71 bits per heavy atom. The van der Waals surface area contributed by atoms with Crippen LogP contribution in [0.4, 0.5) is 0 Å². The third kappa shape index (κ3) is 4.34. The molecule has 0 aliphatic rings. The van der Waals surface area contributed by atoms with Gasteiger partial charge in [-0.15, -0.1) is 0 Å². The molecule has 0 aromatic heterocycles. The molecule has 0 aliphatic heterocycles. The zero-order chi connectivity index (χ0) is 15.4. The normalized spacial score (nSPS) is 10.3. The van der Waals surface area contributed by atoms with Crippen LogP contribution in [0.2, 0.25) is 0 Å². The SMILES string of the molecule is O=C(O)Cc1ccc(Sc2ccc(Br)cc2)c(C(=O)O)c1. The van der Waals surface area contributed by atoms with Gasteiger partial charge in [-0.3, -0.25) is 4.79 Å². The second kappa shape index (κ2) is 6.78. The zero-order valence-electron chi connectivity index (χ0n) is 10.7. The average Bonchev–Trinajstić information content (AvgIpc) is 2.42. The van der Waals surface area contributed by atoms with Gasteiger partial charge >= 0.3 is 11.9 Å². The maximum Gasteiger partial charge on any atom is 0.336 e. The highest BCUT2D eigenvalue weighted by Crippen LogP contribution is 2.32. The lowest BCUT2D eigenvalue weighted by Gasteiger charge is -2.08. The summed E-state index contributed by atoms with van der Waals surface area (Å²) in [5.74, 6) is -2.05. The first-order chi connectivity index (χ1) is 9.95. The summed E-state index contributed by atoms with van der Waals surface area (Å²) in [5, 5.41) is 18.0. The lowest BCUT2D eigenvalue weighted by molar-refractivity contribution is -0.136. The standard InChI is InChI=1S/C15H11BrO4S/c16-10-2-4-11(5-3-10)21-13-6-1-9(8-14(17)18)7-12(13)15(19)20/h1-7H,8H2,(H,17,18)(H,19,20). The third-order valence-electron chi connectivity index (χ3n) is 2.67. The quantitative estimate of drug-likeness (QED) is 0.838. The predicted molar refractivity (Wildman–Crippen MR) is 83.0 cm³/mol. The van der Waals surface area contributed by atoms with Crippen LogP contribution in [-0.4, -0.2) is 22.2 Å². The molecule has 4 nitrogen and oxygen atoms in total. The van der Waals surface area contributed by atoms with E-state index in [1.54, 1.807) is 12.1 Å². The lowest BCUT2D eigenvalue weighted by Crippen LogP contribution is -2.04. The molecule has 0 saturated carbocycles. The van der Waals surface area contributed by atoms with Gasteiger partial charge in [-0.25, -0.2) is 4.79 Å². The van der Waals surface area contributed by atoms with E-state index in [1.807, 2.05) is 24.3 Å². The Morgan fingerprint density at radius 3 is 2.29 bits per heavy atom. The van der Waals surface area contributed by atoms with Crippen LogP contribution in [-0.2, 0) is 11.2 Å². The van der Waals surface area contributed by atoms with Crippen molar-refractivity contribution in [3.63, 3.8) is 0 Å². The van der Waals surface area contributed by atoms with Gasteiger partial charge in [-0.1, -0.05) is 33.8 Å². The fourth-order valence-corrected chi connectivity index (χ4v) is 2.93. The van der Waals surface area contributed by atoms with Crippen LogP contribution in [0, 0.1) is 0 Å². The van der Waals surface area contributed by atoms with Crippen LogP contribution in [0.1, 0.15) is 15.9 Å². The molecule has 0 amide bonds. The van der Waals surface area contributed by atoms with E-state index in [0.717, 1.165) is 9.37 Å². The summed E-state index contributed by atoms with van der Waals surface area (Å²) in [5.41, 5.74) is 0.585. The molecule has 21 heavy (non-hydrogen) atoms. The molecule has 0 heterocycles. The molecule has 2 aromatic carbocycles. The van der Waals surface area contributed by atoms with Crippen molar-refractivity contribution >= 4 is 39.6 Å². The fraction of sp³-hybridized carbons (Fsp3) is 0.0667. The van der Waals surface area contributed by atoms with E-state index in [4.69, 9.17) is 5.11 Å². The molecule has 0 radical (unpaired) electrons. The Kier molecular flexibility index (Phi) is 5.03. The number of carbonyl (C=O) groups is 2. The van der Waals surface area contributed by atoms with Crippen molar-refractivity contribution in [1.29, 1.82) is 0 Å². The van der Waals surface area contributed by atoms with E-state index < -0.39 is 11.9 Å². The molecule has 0 saturated heterocycles. The van der Waals surface area contributed by atoms with Gasteiger partial charge in [0, 0.05) is 14.3 Å². The van der Waals surface area contributed by atoms with E-state index in [9.17, 15) is 14.7 Å². The Hall–Kier alpha value is -1.79. The molecular formula is C15H11BrO4S. The largest absolute Gasteiger partial charge is 0.481 e. The van der Waals surface area contributed by atoms with Crippen LogP contribution in [0.25, 0.3) is 0 Å². The summed E-state index contributed by atoms with van der Waals surface area (Å²) in [6.45, 7) is 0. The Bertz CT molecular complexity index is 683. The molecule has 108 valence electrons. The first-order valence-corrected chi connectivity index (χ1v) is 7.58. The van der Waals surface area contributed by atoms with Gasteiger partial charge in [-0.05, 0) is 42.0 Å². The Morgan fingerprint density at radius 1 is 1.05 bits per heavy atom. The molecule has 0 aliphatic carbocycles. The number of hydrogen-bond acceptors (Lipinski definition) is 3. The topological polar surface area (TPSA) is 74.6 Å². The van der Waals surface area contributed by atoms with Crippen molar-refractivity contribution in [2.45, 2.75) is 16.2 Å². The smallest absolute Gasteiger partial charge is 0.336 e. The van der Waals surface area contributed by atoms with Crippen LogP contribution >= 0.6 is 27.7 Å². The minimum absolute atomic E-state index is 0.113. The summed E-state index contributed by atoms with van der Waals surface area (Å²) < 4.78 is 0.946. The van der Waals surface area contributed by atoms with Gasteiger partial charge in [-0.2, -0.15) is 0 Å². The van der Waals surface area contributed by atoms with Crippen molar-refractivity contribution < 1.29 is 19.8 Å². The van der Waals surface area contributed by atoms with Crippen molar-refractivity contribution in [3.8, 4) is 0 Å². The highest BCUT2D eigenvalue weighted by atomic mass is 79.9. The molecule has 0 unspecified atom stereocenters. The number of halogens is 1. The summed E-state index contributed by atoms with van der Waals surface area (Å²) in [7, 11) is 0. The van der Waals surface area contributed by atoms with Gasteiger partial charge in [0.1, 0.15) is 0 Å². The van der Waals surface area contributed by atoms with Crippen molar-refractivity contribution in [3.05, 3.63) is 58.1 Å². The summed E-state index contributed by atoms with van der Waals surface area (Å²) >= 11 is 4.67. The first kappa shape index (κ1) is 15.6. The Labute approximate surface area is 133 Å². The third-order valence-corrected chi connectivity index (χ3v) is 4.28. The van der Waals surface area contributed by atoms with E-state index >= 15 is 0 Å². The van der Waals surface area contributed by atoms with E-state index in [1.165, 1.54) is 17.8 Å². The fourth-order valence-electron chi connectivity index (χ4n) is 1.75. The summed E-state index contributed by atoms with van der Waals surface area (Å²) in [6.07, 6.45) is -0.191. The van der Waals surface area contributed by atoms with Gasteiger partial charge < -0.3 is 10.2 Å². The molecule has 0 spiro atoms. The maximum absolute atomic E-state index is 11.3. The minimum atomic E-state index is -1.07. The second-order valence-corrected chi connectivity index (χ2v) is 6.29. The van der Waals surface area contributed by atoms with E-state index in [-0.39, 0.29) is 12.0 Å². The molecule has 2 rings (SSSR count). The van der Waals surface area contributed by atoms with Gasteiger partial charge in [0.15, 0.2) is 0 Å². The maximum atomic E-state index is 11.3. The lowest BCUT2D eigenvalue weighted by atomic mass is 10.1. The molecule has 0 fully saturated rings. The van der Waals surface area contributed by atoms with E-state index in [0.29, 0.717) is 10.5 Å². The van der Waals surface area contributed by atoms with Crippen molar-refractivity contribution in [2.24, 2.45) is 0 Å². The number of aromatic carboxylic acids is 1. The number of carboxylic acids is 2. The monoisotopic (exact) mass is 366 g/mol. The number of rotatable bonds is 5. The molecule has 2 N–H and O–H groups in total. The predicted octanol–water partition coefficient (Wildman–Crippen LogP) is 3.93. The van der Waals surface area contributed by atoms with Gasteiger partial charge in [0.25, 0.3) is 0 Å². The minimum Gasteiger partial charge on any atom is -0.481 e. The molecule has 6 heteroatoms. The molecule has 0 atom stereocenters.